The van der Waals surface area contributed by atoms with E-state index in [1.165, 1.54) is 12.0 Å². The SMILES string of the molecule is O=C(NCCCN1CCN(c2ccc(Cl)cc2)CC1)c1ccco1. The smallest absolute Gasteiger partial charge is 0.286 e. The van der Waals surface area contributed by atoms with Crippen LogP contribution < -0.4 is 10.2 Å². The minimum absolute atomic E-state index is 0.146. The number of carbonyl (C=O) groups excluding carboxylic acids is 1. The van der Waals surface area contributed by atoms with Crippen LogP contribution in [0.3, 0.4) is 0 Å². The lowest BCUT2D eigenvalue weighted by molar-refractivity contribution is 0.0924. The fourth-order valence-electron chi connectivity index (χ4n) is 2.88. The summed E-state index contributed by atoms with van der Waals surface area (Å²) < 4.78 is 5.07. The van der Waals surface area contributed by atoms with Crippen molar-refractivity contribution in [3.63, 3.8) is 0 Å². The third-order valence-corrected chi connectivity index (χ3v) is 4.50. The van der Waals surface area contributed by atoms with E-state index in [1.807, 2.05) is 12.1 Å². The van der Waals surface area contributed by atoms with Crippen molar-refractivity contribution in [2.24, 2.45) is 0 Å². The number of nitrogens with one attached hydrogen (secondary N) is 1. The Morgan fingerprint density at radius 2 is 1.88 bits per heavy atom. The Hall–Kier alpha value is -1.98. The van der Waals surface area contributed by atoms with E-state index in [2.05, 4.69) is 27.2 Å². The predicted octanol–water partition coefficient (Wildman–Crippen LogP) is 2.88. The van der Waals surface area contributed by atoms with E-state index in [0.717, 1.165) is 44.2 Å². The van der Waals surface area contributed by atoms with Gasteiger partial charge in [-0.25, -0.2) is 0 Å². The maximum absolute atomic E-state index is 11.7. The van der Waals surface area contributed by atoms with Crippen molar-refractivity contribution in [1.29, 1.82) is 0 Å². The molecule has 2 aromatic rings. The second-order valence-electron chi connectivity index (χ2n) is 5.89. The maximum atomic E-state index is 11.7. The minimum Gasteiger partial charge on any atom is -0.459 e. The first-order chi connectivity index (χ1) is 11.7. The van der Waals surface area contributed by atoms with Crippen molar-refractivity contribution in [2.45, 2.75) is 6.42 Å². The summed E-state index contributed by atoms with van der Waals surface area (Å²) in [4.78, 5) is 16.6. The van der Waals surface area contributed by atoms with Gasteiger partial charge in [0.15, 0.2) is 5.76 Å². The Morgan fingerprint density at radius 1 is 1.12 bits per heavy atom. The van der Waals surface area contributed by atoms with E-state index in [-0.39, 0.29) is 5.91 Å². The third kappa shape index (κ3) is 4.52. The molecule has 0 radical (unpaired) electrons. The number of benzene rings is 1. The molecule has 1 N–H and O–H groups in total. The first kappa shape index (κ1) is 16.9. The summed E-state index contributed by atoms with van der Waals surface area (Å²) in [6, 6.07) is 11.4. The first-order valence-electron chi connectivity index (χ1n) is 8.27. The molecular formula is C18H22ClN3O2. The van der Waals surface area contributed by atoms with Gasteiger partial charge >= 0.3 is 0 Å². The minimum atomic E-state index is -0.146. The molecule has 1 aromatic heterocycles. The van der Waals surface area contributed by atoms with E-state index in [9.17, 15) is 4.79 Å². The fourth-order valence-corrected chi connectivity index (χ4v) is 3.01. The van der Waals surface area contributed by atoms with Crippen LogP contribution in [0.5, 0.6) is 0 Å². The molecule has 3 rings (SSSR count). The van der Waals surface area contributed by atoms with Crippen LogP contribution >= 0.6 is 11.6 Å². The molecular weight excluding hydrogens is 326 g/mol. The number of furan rings is 1. The molecule has 2 heterocycles. The third-order valence-electron chi connectivity index (χ3n) is 4.25. The molecule has 128 valence electrons. The highest BCUT2D eigenvalue weighted by Gasteiger charge is 2.17. The second-order valence-corrected chi connectivity index (χ2v) is 6.33. The van der Waals surface area contributed by atoms with Crippen molar-refractivity contribution < 1.29 is 9.21 Å². The van der Waals surface area contributed by atoms with Gasteiger partial charge in [0, 0.05) is 43.4 Å². The lowest BCUT2D eigenvalue weighted by Gasteiger charge is -2.36. The summed E-state index contributed by atoms with van der Waals surface area (Å²) in [5, 5.41) is 3.65. The summed E-state index contributed by atoms with van der Waals surface area (Å²) in [6.45, 7) is 5.76. The van der Waals surface area contributed by atoms with Crippen LogP contribution in [0.2, 0.25) is 5.02 Å². The van der Waals surface area contributed by atoms with Gasteiger partial charge in [-0.1, -0.05) is 11.6 Å². The van der Waals surface area contributed by atoms with Crippen molar-refractivity contribution in [2.75, 3.05) is 44.2 Å². The number of amides is 1. The predicted molar refractivity (Wildman–Crippen MR) is 95.8 cm³/mol. The molecule has 6 heteroatoms. The van der Waals surface area contributed by atoms with Gasteiger partial charge in [0.05, 0.1) is 6.26 Å². The van der Waals surface area contributed by atoms with Gasteiger partial charge in [0.1, 0.15) is 0 Å². The molecule has 24 heavy (non-hydrogen) atoms. The normalized spacial score (nSPS) is 15.5. The summed E-state index contributed by atoms with van der Waals surface area (Å²) in [6.07, 6.45) is 2.45. The summed E-state index contributed by atoms with van der Waals surface area (Å²) in [5.74, 6) is 0.221. The number of hydrogen-bond donors (Lipinski definition) is 1. The highest BCUT2D eigenvalue weighted by Crippen LogP contribution is 2.19. The molecule has 1 fully saturated rings. The lowest BCUT2D eigenvalue weighted by Crippen LogP contribution is -2.47. The number of rotatable bonds is 6. The summed E-state index contributed by atoms with van der Waals surface area (Å²) in [7, 11) is 0. The van der Waals surface area contributed by atoms with E-state index in [0.29, 0.717) is 12.3 Å². The molecule has 1 saturated heterocycles. The molecule has 0 bridgehead atoms. The highest BCUT2D eigenvalue weighted by atomic mass is 35.5. The number of hydrogen-bond acceptors (Lipinski definition) is 4. The molecule has 0 saturated carbocycles. The Labute approximate surface area is 147 Å². The van der Waals surface area contributed by atoms with Crippen molar-refractivity contribution >= 4 is 23.2 Å². The number of halogens is 1. The van der Waals surface area contributed by atoms with Gasteiger partial charge in [0.2, 0.25) is 0 Å². The van der Waals surface area contributed by atoms with Gasteiger partial charge in [0.25, 0.3) is 5.91 Å². The maximum Gasteiger partial charge on any atom is 0.286 e. The molecule has 0 unspecified atom stereocenters. The topological polar surface area (TPSA) is 48.7 Å². The largest absolute Gasteiger partial charge is 0.459 e. The fraction of sp³-hybridized carbons (Fsp3) is 0.389. The van der Waals surface area contributed by atoms with Crippen LogP contribution in [-0.4, -0.2) is 50.1 Å². The van der Waals surface area contributed by atoms with Gasteiger partial charge in [-0.2, -0.15) is 0 Å². The molecule has 1 aliphatic rings. The molecule has 0 atom stereocenters. The van der Waals surface area contributed by atoms with E-state index < -0.39 is 0 Å². The molecule has 5 nitrogen and oxygen atoms in total. The van der Waals surface area contributed by atoms with E-state index in [1.54, 1.807) is 12.1 Å². The van der Waals surface area contributed by atoms with Crippen LogP contribution in [0.25, 0.3) is 0 Å². The van der Waals surface area contributed by atoms with Crippen LogP contribution in [0.1, 0.15) is 17.0 Å². The lowest BCUT2D eigenvalue weighted by atomic mass is 10.2. The monoisotopic (exact) mass is 347 g/mol. The van der Waals surface area contributed by atoms with Gasteiger partial charge in [-0.3, -0.25) is 9.69 Å². The Morgan fingerprint density at radius 3 is 2.54 bits per heavy atom. The number of piperazine rings is 1. The van der Waals surface area contributed by atoms with Crippen LogP contribution in [0, 0.1) is 0 Å². The molecule has 1 aromatic carbocycles. The van der Waals surface area contributed by atoms with E-state index in [4.69, 9.17) is 16.0 Å². The Balaban J connectivity index is 1.34. The molecule has 1 aliphatic heterocycles. The average molecular weight is 348 g/mol. The van der Waals surface area contributed by atoms with Crippen molar-refractivity contribution in [1.82, 2.24) is 10.2 Å². The Bertz CT molecular complexity index is 635. The summed E-state index contributed by atoms with van der Waals surface area (Å²) in [5.41, 5.74) is 1.23. The van der Waals surface area contributed by atoms with Crippen LogP contribution in [0.15, 0.2) is 47.1 Å². The highest BCUT2D eigenvalue weighted by molar-refractivity contribution is 6.30. The zero-order valence-electron chi connectivity index (χ0n) is 13.6. The standard InChI is InChI=1S/C18H22ClN3O2/c19-15-4-6-16(7-5-15)22-12-10-21(11-13-22)9-2-8-20-18(23)17-3-1-14-24-17/h1,3-7,14H,2,8-13H2,(H,20,23). The second kappa shape index (κ2) is 8.22. The molecule has 1 amide bonds. The van der Waals surface area contributed by atoms with Gasteiger partial charge < -0.3 is 14.6 Å². The molecule has 0 spiro atoms. The number of carbonyl (C=O) groups is 1. The summed E-state index contributed by atoms with van der Waals surface area (Å²) >= 11 is 5.94. The Kier molecular flexibility index (Phi) is 5.77. The van der Waals surface area contributed by atoms with Crippen LogP contribution in [0.4, 0.5) is 5.69 Å². The van der Waals surface area contributed by atoms with Crippen molar-refractivity contribution in [3.8, 4) is 0 Å². The van der Waals surface area contributed by atoms with Crippen LogP contribution in [-0.2, 0) is 0 Å². The van der Waals surface area contributed by atoms with Crippen molar-refractivity contribution in [3.05, 3.63) is 53.4 Å². The quantitative estimate of drug-likeness (QED) is 0.816. The molecule has 0 aliphatic carbocycles. The zero-order valence-corrected chi connectivity index (χ0v) is 14.3. The zero-order chi connectivity index (χ0) is 16.8. The number of anilines is 1. The van der Waals surface area contributed by atoms with Gasteiger partial charge in [-0.05, 0) is 49.4 Å². The van der Waals surface area contributed by atoms with Gasteiger partial charge in [-0.15, -0.1) is 0 Å². The first-order valence-corrected chi connectivity index (χ1v) is 8.65. The number of nitrogens with zero attached hydrogens (tertiary/aromatic N) is 2. The average Bonchev–Trinajstić information content (AvgIpc) is 3.15. The van der Waals surface area contributed by atoms with E-state index >= 15 is 0 Å².